The predicted octanol–water partition coefficient (Wildman–Crippen LogP) is 2.05. The van der Waals surface area contributed by atoms with E-state index in [0.717, 1.165) is 36.8 Å². The second-order valence-electron chi connectivity index (χ2n) is 4.52. The Labute approximate surface area is 121 Å². The zero-order chi connectivity index (χ0) is 14.4. The van der Waals surface area contributed by atoms with Crippen LogP contribution >= 0.6 is 11.8 Å². The van der Waals surface area contributed by atoms with Crippen LogP contribution in [-0.2, 0) is 17.9 Å². The van der Waals surface area contributed by atoms with Gasteiger partial charge in [0.05, 0.1) is 12.1 Å². The minimum Gasteiger partial charge on any atom is -0.481 e. The van der Waals surface area contributed by atoms with E-state index in [9.17, 15) is 4.79 Å². The molecule has 0 aromatic carbocycles. The third kappa shape index (κ3) is 4.12. The number of thioether (sulfide) groups is 1. The van der Waals surface area contributed by atoms with E-state index in [2.05, 4.69) is 19.1 Å². The van der Waals surface area contributed by atoms with Gasteiger partial charge in [0.1, 0.15) is 0 Å². The average molecular weight is 294 g/mol. The summed E-state index contributed by atoms with van der Waals surface area (Å²) in [6, 6.07) is 0. The highest BCUT2D eigenvalue weighted by molar-refractivity contribution is 7.99. The van der Waals surface area contributed by atoms with Gasteiger partial charge in [0, 0.05) is 37.4 Å². The monoisotopic (exact) mass is 294 g/mol. The van der Waals surface area contributed by atoms with Gasteiger partial charge in [0.25, 0.3) is 0 Å². The zero-order valence-electron chi connectivity index (χ0n) is 11.4. The molecule has 0 fully saturated rings. The van der Waals surface area contributed by atoms with Crippen LogP contribution < -0.4 is 0 Å². The van der Waals surface area contributed by atoms with Crippen molar-refractivity contribution < 1.29 is 9.90 Å². The Morgan fingerprint density at radius 2 is 2.20 bits per heavy atom. The lowest BCUT2D eigenvalue weighted by molar-refractivity contribution is -0.133. The van der Waals surface area contributed by atoms with Gasteiger partial charge >= 0.3 is 5.97 Å². The SMILES string of the molecule is Cc1cnc(SCC(=O)O)n1CCCCn1ccnc1. The summed E-state index contributed by atoms with van der Waals surface area (Å²) in [4.78, 5) is 18.9. The number of hydrogen-bond acceptors (Lipinski definition) is 4. The molecule has 108 valence electrons. The maximum absolute atomic E-state index is 10.6. The number of aliphatic carboxylic acids is 1. The number of imidazole rings is 2. The lowest BCUT2D eigenvalue weighted by atomic mass is 10.3. The second kappa shape index (κ2) is 7.14. The number of carboxylic acid groups (broad SMARTS) is 1. The molecule has 0 amide bonds. The molecular weight excluding hydrogens is 276 g/mol. The smallest absolute Gasteiger partial charge is 0.313 e. The van der Waals surface area contributed by atoms with Crippen LogP contribution in [0.15, 0.2) is 30.1 Å². The quantitative estimate of drug-likeness (QED) is 0.596. The van der Waals surface area contributed by atoms with Crippen molar-refractivity contribution in [3.63, 3.8) is 0 Å². The first-order valence-corrected chi connectivity index (χ1v) is 7.48. The number of rotatable bonds is 8. The first-order valence-electron chi connectivity index (χ1n) is 6.49. The van der Waals surface area contributed by atoms with Gasteiger partial charge in [-0.05, 0) is 19.8 Å². The number of carboxylic acids is 1. The highest BCUT2D eigenvalue weighted by Crippen LogP contribution is 2.18. The highest BCUT2D eigenvalue weighted by Gasteiger charge is 2.09. The molecule has 0 aliphatic rings. The fourth-order valence-electron chi connectivity index (χ4n) is 1.94. The van der Waals surface area contributed by atoms with Crippen LogP contribution in [-0.4, -0.2) is 35.9 Å². The van der Waals surface area contributed by atoms with Crippen molar-refractivity contribution >= 4 is 17.7 Å². The molecule has 0 aliphatic carbocycles. The summed E-state index contributed by atoms with van der Waals surface area (Å²) in [7, 11) is 0. The van der Waals surface area contributed by atoms with E-state index in [1.54, 1.807) is 12.4 Å². The molecule has 0 saturated carbocycles. The molecule has 7 heteroatoms. The third-order valence-corrected chi connectivity index (χ3v) is 3.93. The van der Waals surface area contributed by atoms with Crippen molar-refractivity contribution in [2.75, 3.05) is 5.75 Å². The van der Waals surface area contributed by atoms with Crippen LogP contribution in [0.4, 0.5) is 0 Å². The highest BCUT2D eigenvalue weighted by atomic mass is 32.2. The minimum absolute atomic E-state index is 0.0471. The molecule has 2 rings (SSSR count). The molecule has 0 unspecified atom stereocenters. The molecule has 0 radical (unpaired) electrons. The molecule has 0 aliphatic heterocycles. The third-order valence-electron chi connectivity index (χ3n) is 2.95. The maximum Gasteiger partial charge on any atom is 0.313 e. The van der Waals surface area contributed by atoms with Crippen molar-refractivity contribution in [3.05, 3.63) is 30.6 Å². The van der Waals surface area contributed by atoms with Crippen LogP contribution in [0.25, 0.3) is 0 Å². The summed E-state index contributed by atoms with van der Waals surface area (Å²) in [5.74, 6) is -0.770. The van der Waals surface area contributed by atoms with Crippen LogP contribution in [0.2, 0.25) is 0 Å². The van der Waals surface area contributed by atoms with Crippen LogP contribution in [0.5, 0.6) is 0 Å². The Morgan fingerprint density at radius 1 is 1.40 bits per heavy atom. The van der Waals surface area contributed by atoms with E-state index in [0.29, 0.717) is 0 Å². The fourth-order valence-corrected chi connectivity index (χ4v) is 2.71. The Bertz CT molecular complexity index is 551. The molecule has 0 bridgehead atoms. The lowest BCUT2D eigenvalue weighted by Crippen LogP contribution is -2.06. The second-order valence-corrected chi connectivity index (χ2v) is 5.47. The average Bonchev–Trinajstić information content (AvgIpc) is 3.03. The van der Waals surface area contributed by atoms with E-state index < -0.39 is 5.97 Å². The van der Waals surface area contributed by atoms with Crippen molar-refractivity contribution in [2.24, 2.45) is 0 Å². The molecule has 0 atom stereocenters. The summed E-state index contributed by atoms with van der Waals surface area (Å²) in [6.07, 6.45) is 9.42. The van der Waals surface area contributed by atoms with Gasteiger partial charge in [-0.3, -0.25) is 4.79 Å². The number of aromatic nitrogens is 4. The van der Waals surface area contributed by atoms with E-state index >= 15 is 0 Å². The minimum atomic E-state index is -0.817. The van der Waals surface area contributed by atoms with Gasteiger partial charge in [-0.1, -0.05) is 11.8 Å². The molecular formula is C13H18N4O2S. The van der Waals surface area contributed by atoms with E-state index in [-0.39, 0.29) is 5.75 Å². The summed E-state index contributed by atoms with van der Waals surface area (Å²) in [5.41, 5.74) is 1.07. The standard InChI is InChI=1S/C13H18N4O2S/c1-11-8-15-13(20-9-12(18)19)17(11)6-3-2-5-16-7-4-14-10-16/h4,7-8,10H,2-3,5-6,9H2,1H3,(H,18,19). The van der Waals surface area contributed by atoms with Crippen LogP contribution in [0, 0.1) is 6.92 Å². The molecule has 6 nitrogen and oxygen atoms in total. The Balaban J connectivity index is 1.82. The van der Waals surface area contributed by atoms with Crippen molar-refractivity contribution in [1.29, 1.82) is 0 Å². The Hall–Kier alpha value is -1.76. The van der Waals surface area contributed by atoms with Gasteiger partial charge in [-0.2, -0.15) is 0 Å². The van der Waals surface area contributed by atoms with E-state index in [1.807, 2.05) is 19.4 Å². The summed E-state index contributed by atoms with van der Waals surface area (Å²) in [6.45, 7) is 3.81. The van der Waals surface area contributed by atoms with Gasteiger partial charge in [-0.15, -0.1) is 0 Å². The topological polar surface area (TPSA) is 72.9 Å². The molecule has 2 aromatic rings. The zero-order valence-corrected chi connectivity index (χ0v) is 12.2. The fraction of sp³-hybridized carbons (Fsp3) is 0.462. The van der Waals surface area contributed by atoms with Gasteiger partial charge < -0.3 is 14.2 Å². The van der Waals surface area contributed by atoms with Gasteiger partial charge in [0.15, 0.2) is 5.16 Å². The summed E-state index contributed by atoms with van der Waals surface area (Å²) in [5, 5.41) is 9.51. The van der Waals surface area contributed by atoms with Crippen molar-refractivity contribution in [2.45, 2.75) is 38.0 Å². The largest absolute Gasteiger partial charge is 0.481 e. The number of nitrogens with zero attached hydrogens (tertiary/aromatic N) is 4. The number of carbonyl (C=O) groups is 1. The van der Waals surface area contributed by atoms with Gasteiger partial charge in [-0.25, -0.2) is 9.97 Å². The number of unbranched alkanes of at least 4 members (excludes halogenated alkanes) is 1. The Kier molecular flexibility index (Phi) is 5.23. The first-order chi connectivity index (χ1) is 9.66. The van der Waals surface area contributed by atoms with Crippen molar-refractivity contribution in [1.82, 2.24) is 19.1 Å². The summed E-state index contributed by atoms with van der Waals surface area (Å²) >= 11 is 1.27. The molecule has 2 aromatic heterocycles. The number of aryl methyl sites for hydroxylation is 2. The van der Waals surface area contributed by atoms with E-state index in [1.165, 1.54) is 11.8 Å². The van der Waals surface area contributed by atoms with Gasteiger partial charge in [0.2, 0.25) is 0 Å². The Morgan fingerprint density at radius 3 is 2.90 bits per heavy atom. The normalized spacial score (nSPS) is 10.8. The van der Waals surface area contributed by atoms with Crippen molar-refractivity contribution in [3.8, 4) is 0 Å². The first kappa shape index (κ1) is 14.6. The lowest BCUT2D eigenvalue weighted by Gasteiger charge is -2.09. The molecule has 2 heterocycles. The molecule has 0 saturated heterocycles. The number of hydrogen-bond donors (Lipinski definition) is 1. The van der Waals surface area contributed by atoms with Crippen LogP contribution in [0.3, 0.4) is 0 Å². The maximum atomic E-state index is 10.6. The molecule has 1 N–H and O–H groups in total. The van der Waals surface area contributed by atoms with Crippen LogP contribution in [0.1, 0.15) is 18.5 Å². The summed E-state index contributed by atoms with van der Waals surface area (Å²) < 4.78 is 4.14. The molecule has 0 spiro atoms. The van der Waals surface area contributed by atoms with E-state index in [4.69, 9.17) is 5.11 Å². The molecule has 20 heavy (non-hydrogen) atoms. The predicted molar refractivity (Wildman–Crippen MR) is 76.8 cm³/mol.